The first kappa shape index (κ1) is 56.9. The Morgan fingerprint density at radius 1 is 0.542 bits per heavy atom. The molecule has 0 rings (SSSR count). The quantitative estimate of drug-likeness (QED) is 0.0198. The number of quaternary nitrogens is 1. The highest BCUT2D eigenvalue weighted by molar-refractivity contribution is 7.45. The summed E-state index contributed by atoms with van der Waals surface area (Å²) in [6.45, 7) is 5.06. The molecular formula is C50H90NO7P. The van der Waals surface area contributed by atoms with Crippen molar-refractivity contribution in [3.05, 3.63) is 72.9 Å². The first-order valence-electron chi connectivity index (χ1n) is 23.7. The van der Waals surface area contributed by atoms with Crippen molar-refractivity contribution in [1.82, 2.24) is 0 Å². The zero-order valence-electron chi connectivity index (χ0n) is 38.7. The summed E-state index contributed by atoms with van der Waals surface area (Å²) in [6.07, 6.45) is 55.2. The van der Waals surface area contributed by atoms with Gasteiger partial charge in [-0.15, -0.1) is 0 Å². The van der Waals surface area contributed by atoms with Gasteiger partial charge in [-0.05, 0) is 70.6 Å². The summed E-state index contributed by atoms with van der Waals surface area (Å²) in [5.41, 5.74) is 0. The van der Waals surface area contributed by atoms with Gasteiger partial charge in [0.25, 0.3) is 7.82 Å². The molecular weight excluding hydrogens is 758 g/mol. The minimum Gasteiger partial charge on any atom is -0.756 e. The van der Waals surface area contributed by atoms with Gasteiger partial charge in [-0.1, -0.05) is 177 Å². The SMILES string of the molecule is CC/C=C\C/C=C\C/C=C\C/C=C\C/C=C\CCOCC(COP(=O)([O-])OCC[N+](C)(C)C)OC(=O)CCCCCCCCCCC/C=C\CCCCCCCCCC. The van der Waals surface area contributed by atoms with Crippen molar-refractivity contribution in [2.45, 2.75) is 187 Å². The highest BCUT2D eigenvalue weighted by Crippen LogP contribution is 2.38. The Hall–Kier alpha value is -2.06. The van der Waals surface area contributed by atoms with Crippen LogP contribution in [0, 0.1) is 0 Å². The first-order chi connectivity index (χ1) is 28.6. The Labute approximate surface area is 363 Å². The largest absolute Gasteiger partial charge is 0.756 e. The van der Waals surface area contributed by atoms with Crippen molar-refractivity contribution in [2.75, 3.05) is 54.1 Å². The van der Waals surface area contributed by atoms with E-state index in [4.69, 9.17) is 18.5 Å². The predicted molar refractivity (Wildman–Crippen MR) is 249 cm³/mol. The molecule has 0 amide bonds. The Kier molecular flexibility index (Phi) is 41.1. The molecule has 0 aromatic heterocycles. The molecule has 0 aliphatic carbocycles. The van der Waals surface area contributed by atoms with Crippen LogP contribution >= 0.6 is 7.82 Å². The van der Waals surface area contributed by atoms with Gasteiger partial charge >= 0.3 is 5.97 Å². The molecule has 59 heavy (non-hydrogen) atoms. The number of esters is 1. The van der Waals surface area contributed by atoms with E-state index in [2.05, 4.69) is 86.8 Å². The maximum Gasteiger partial charge on any atom is 0.306 e. The molecule has 0 heterocycles. The maximum absolute atomic E-state index is 12.7. The molecule has 0 bridgehead atoms. The molecule has 0 radical (unpaired) electrons. The minimum absolute atomic E-state index is 0.00948. The second-order valence-electron chi connectivity index (χ2n) is 16.7. The summed E-state index contributed by atoms with van der Waals surface area (Å²) >= 11 is 0. The molecule has 342 valence electrons. The predicted octanol–water partition coefficient (Wildman–Crippen LogP) is 13.6. The van der Waals surface area contributed by atoms with Crippen molar-refractivity contribution in [1.29, 1.82) is 0 Å². The van der Waals surface area contributed by atoms with E-state index in [1.54, 1.807) is 0 Å². The third-order valence-electron chi connectivity index (χ3n) is 9.76. The smallest absolute Gasteiger partial charge is 0.306 e. The average molecular weight is 848 g/mol. The molecule has 0 saturated heterocycles. The molecule has 0 N–H and O–H groups in total. The lowest BCUT2D eigenvalue weighted by molar-refractivity contribution is -0.870. The van der Waals surface area contributed by atoms with Crippen LogP contribution in [0.3, 0.4) is 0 Å². The van der Waals surface area contributed by atoms with Gasteiger partial charge in [0.2, 0.25) is 0 Å². The summed E-state index contributed by atoms with van der Waals surface area (Å²) in [7, 11) is 1.30. The third kappa shape index (κ3) is 46.9. The van der Waals surface area contributed by atoms with Crippen LogP contribution in [0.15, 0.2) is 72.9 Å². The van der Waals surface area contributed by atoms with Crippen molar-refractivity contribution in [3.63, 3.8) is 0 Å². The molecule has 0 fully saturated rings. The number of carbonyl (C=O) groups excluding carboxylic acids is 1. The molecule has 0 aliphatic heterocycles. The number of phosphoric ester groups is 1. The monoisotopic (exact) mass is 848 g/mol. The van der Waals surface area contributed by atoms with Crippen molar-refractivity contribution < 1.29 is 37.3 Å². The number of likely N-dealkylation sites (N-methyl/N-ethyl adjacent to an activating group) is 1. The van der Waals surface area contributed by atoms with Gasteiger partial charge in [0.05, 0.1) is 41.0 Å². The Bertz CT molecular complexity index is 1170. The van der Waals surface area contributed by atoms with E-state index in [1.165, 1.54) is 103 Å². The number of rotatable bonds is 43. The molecule has 0 aliphatic rings. The second kappa shape index (κ2) is 42.6. The van der Waals surface area contributed by atoms with Crippen LogP contribution in [0.2, 0.25) is 0 Å². The summed E-state index contributed by atoms with van der Waals surface area (Å²) in [6, 6.07) is 0. The van der Waals surface area contributed by atoms with Crippen LogP contribution in [0.25, 0.3) is 0 Å². The van der Waals surface area contributed by atoms with Crippen molar-refractivity contribution in [2.24, 2.45) is 0 Å². The lowest BCUT2D eigenvalue weighted by Gasteiger charge is -2.28. The molecule has 9 heteroatoms. The third-order valence-corrected chi connectivity index (χ3v) is 10.7. The minimum atomic E-state index is -4.55. The molecule has 8 nitrogen and oxygen atoms in total. The van der Waals surface area contributed by atoms with Crippen molar-refractivity contribution in [3.8, 4) is 0 Å². The number of carbonyl (C=O) groups is 1. The molecule has 2 unspecified atom stereocenters. The molecule has 0 saturated carbocycles. The normalized spacial score (nSPS) is 14.3. The van der Waals surface area contributed by atoms with Crippen LogP contribution in [0.4, 0.5) is 0 Å². The van der Waals surface area contributed by atoms with E-state index < -0.39 is 13.9 Å². The second-order valence-corrected chi connectivity index (χ2v) is 18.1. The van der Waals surface area contributed by atoms with Gasteiger partial charge in [0.15, 0.2) is 0 Å². The number of ether oxygens (including phenoxy) is 2. The topological polar surface area (TPSA) is 94.1 Å². The number of hydrogen-bond donors (Lipinski definition) is 0. The van der Waals surface area contributed by atoms with Gasteiger partial charge in [0.1, 0.15) is 19.3 Å². The van der Waals surface area contributed by atoms with E-state index in [0.717, 1.165) is 51.4 Å². The van der Waals surface area contributed by atoms with E-state index in [1.807, 2.05) is 21.1 Å². The van der Waals surface area contributed by atoms with Crippen LogP contribution in [-0.4, -0.2) is 70.7 Å². The van der Waals surface area contributed by atoms with Crippen LogP contribution in [-0.2, 0) is 27.9 Å². The lowest BCUT2D eigenvalue weighted by Crippen LogP contribution is -2.37. The lowest BCUT2D eigenvalue weighted by atomic mass is 10.1. The fraction of sp³-hybridized carbons (Fsp3) is 0.740. The zero-order valence-corrected chi connectivity index (χ0v) is 39.6. The van der Waals surface area contributed by atoms with Crippen LogP contribution < -0.4 is 4.89 Å². The fourth-order valence-corrected chi connectivity index (χ4v) is 6.86. The number of unbranched alkanes of at least 4 members (excludes halogenated alkanes) is 17. The number of hydrogen-bond acceptors (Lipinski definition) is 7. The van der Waals surface area contributed by atoms with E-state index >= 15 is 0 Å². The first-order valence-corrected chi connectivity index (χ1v) is 25.1. The highest BCUT2D eigenvalue weighted by atomic mass is 31.2. The molecule has 0 aromatic carbocycles. The molecule has 0 spiro atoms. The van der Waals surface area contributed by atoms with E-state index in [9.17, 15) is 14.3 Å². The molecule has 0 aromatic rings. The van der Waals surface area contributed by atoms with Gasteiger partial charge < -0.3 is 27.9 Å². The average Bonchev–Trinajstić information content (AvgIpc) is 3.19. The van der Waals surface area contributed by atoms with E-state index in [0.29, 0.717) is 24.1 Å². The number of nitrogens with zero attached hydrogens (tertiary/aromatic N) is 1. The Morgan fingerprint density at radius 2 is 0.983 bits per heavy atom. The highest BCUT2D eigenvalue weighted by Gasteiger charge is 2.20. The Morgan fingerprint density at radius 3 is 1.47 bits per heavy atom. The van der Waals surface area contributed by atoms with Crippen LogP contribution in [0.1, 0.15) is 181 Å². The summed E-state index contributed by atoms with van der Waals surface area (Å²) in [5.74, 6) is -0.362. The zero-order chi connectivity index (χ0) is 43.4. The molecule has 2 atom stereocenters. The standard InChI is InChI=1S/C50H90NO7P/c1-6-8-10-12-14-16-18-20-22-24-25-26-27-28-29-31-33-35-37-39-41-43-50(52)58-49(48-57-59(53,54)56-46-44-51(3,4)5)47-55-45-42-40-38-36-34-32-30-23-21-19-17-15-13-11-9-7-2/h9,11,15,17,21,23-25,32,34,38,40,49H,6-8,10,12-14,16,18-20,22,26-31,33,35-37,39,41-48H2,1-5H3/b11-9-,17-15-,23-21-,25-24-,34-32-,40-38-. The van der Waals surface area contributed by atoms with Gasteiger partial charge in [0, 0.05) is 6.42 Å². The fourth-order valence-electron chi connectivity index (χ4n) is 6.13. The van der Waals surface area contributed by atoms with Gasteiger partial charge in [-0.3, -0.25) is 9.36 Å². The Balaban J connectivity index is 4.28. The van der Waals surface area contributed by atoms with Crippen molar-refractivity contribution >= 4 is 13.8 Å². The summed E-state index contributed by atoms with van der Waals surface area (Å²) in [4.78, 5) is 25.1. The number of phosphoric acid groups is 1. The van der Waals surface area contributed by atoms with Gasteiger partial charge in [-0.25, -0.2) is 0 Å². The number of allylic oxidation sites excluding steroid dienone is 11. The van der Waals surface area contributed by atoms with Crippen LogP contribution in [0.5, 0.6) is 0 Å². The van der Waals surface area contributed by atoms with Gasteiger partial charge in [-0.2, -0.15) is 0 Å². The maximum atomic E-state index is 12.7. The summed E-state index contributed by atoms with van der Waals surface area (Å²) < 4.78 is 34.5. The summed E-state index contributed by atoms with van der Waals surface area (Å²) in [5, 5.41) is 0. The van der Waals surface area contributed by atoms with E-state index in [-0.39, 0.29) is 32.2 Å².